The summed E-state index contributed by atoms with van der Waals surface area (Å²) in [5.41, 5.74) is 2.47. The summed E-state index contributed by atoms with van der Waals surface area (Å²) in [5.74, 6) is -0.255. The first-order chi connectivity index (χ1) is 15.8. The highest BCUT2D eigenvalue weighted by Gasteiger charge is 2.21. The number of amides is 1. The third kappa shape index (κ3) is 6.42. The van der Waals surface area contributed by atoms with E-state index in [1.165, 1.54) is 12.1 Å². The van der Waals surface area contributed by atoms with E-state index in [0.717, 1.165) is 11.1 Å². The molecular weight excluding hydrogens is 441 g/mol. The summed E-state index contributed by atoms with van der Waals surface area (Å²) in [7, 11) is 0. The zero-order chi connectivity index (χ0) is 24.0. The molecule has 0 aliphatic heterocycles. The van der Waals surface area contributed by atoms with Gasteiger partial charge in [0.1, 0.15) is 11.6 Å². The molecule has 3 rings (SSSR count). The van der Waals surface area contributed by atoms with Crippen LogP contribution in [0.15, 0.2) is 66.7 Å². The molecule has 0 saturated carbocycles. The lowest BCUT2D eigenvalue weighted by Gasteiger charge is -2.18. The molecule has 6 heteroatoms. The molecule has 0 aliphatic carbocycles. The van der Waals surface area contributed by atoms with Gasteiger partial charge < -0.3 is 10.1 Å². The Labute approximate surface area is 198 Å². The van der Waals surface area contributed by atoms with E-state index in [4.69, 9.17) is 16.3 Å². The van der Waals surface area contributed by atoms with Gasteiger partial charge in [-0.2, -0.15) is 0 Å². The summed E-state index contributed by atoms with van der Waals surface area (Å²) in [6.45, 7) is 5.54. The van der Waals surface area contributed by atoms with Crippen LogP contribution in [0.25, 0.3) is 11.1 Å². The summed E-state index contributed by atoms with van der Waals surface area (Å²) in [6, 6.07) is 18.0. The second-order valence-electron chi connectivity index (χ2n) is 8.04. The normalized spacial score (nSPS) is 11.8. The minimum atomic E-state index is -0.688. The van der Waals surface area contributed by atoms with Gasteiger partial charge in [0.05, 0.1) is 17.2 Å². The van der Waals surface area contributed by atoms with E-state index in [9.17, 15) is 14.0 Å². The van der Waals surface area contributed by atoms with Crippen molar-refractivity contribution in [2.45, 2.75) is 45.8 Å². The van der Waals surface area contributed by atoms with Gasteiger partial charge in [0.25, 0.3) is 5.91 Å². The number of ketones is 1. The minimum absolute atomic E-state index is 0.0431. The monoisotopic (exact) mass is 467 g/mol. The molecule has 172 valence electrons. The minimum Gasteiger partial charge on any atom is -0.489 e. The number of nitrogens with one attached hydrogen (secondary N) is 1. The highest BCUT2D eigenvalue weighted by molar-refractivity contribution is 6.32. The van der Waals surface area contributed by atoms with E-state index in [2.05, 4.69) is 5.32 Å². The third-order valence-electron chi connectivity index (χ3n) is 5.18. The molecule has 0 bridgehead atoms. The molecule has 1 amide bonds. The quantitative estimate of drug-likeness (QED) is 0.404. The Morgan fingerprint density at radius 2 is 1.73 bits per heavy atom. The summed E-state index contributed by atoms with van der Waals surface area (Å²) in [4.78, 5) is 25.4. The van der Waals surface area contributed by atoms with Crippen molar-refractivity contribution in [1.29, 1.82) is 0 Å². The Kier molecular flexibility index (Phi) is 8.23. The van der Waals surface area contributed by atoms with Crippen molar-refractivity contribution in [3.05, 3.63) is 88.7 Å². The molecule has 0 aliphatic rings. The van der Waals surface area contributed by atoms with E-state index in [-0.39, 0.29) is 23.6 Å². The number of benzene rings is 3. The van der Waals surface area contributed by atoms with Gasteiger partial charge in [-0.25, -0.2) is 4.39 Å². The Bertz CT molecular complexity index is 1130. The fourth-order valence-corrected chi connectivity index (χ4v) is 3.70. The van der Waals surface area contributed by atoms with Crippen LogP contribution in [0.3, 0.4) is 0 Å². The number of carbonyl (C=O) groups is 2. The smallest absolute Gasteiger partial charge is 0.251 e. The zero-order valence-corrected chi connectivity index (χ0v) is 19.7. The van der Waals surface area contributed by atoms with Gasteiger partial charge in [-0.05, 0) is 55.7 Å². The van der Waals surface area contributed by atoms with Crippen LogP contribution in [0.2, 0.25) is 5.02 Å². The fraction of sp³-hybridized carbons (Fsp3) is 0.259. The van der Waals surface area contributed by atoms with Crippen molar-refractivity contribution < 1.29 is 18.7 Å². The Morgan fingerprint density at radius 3 is 2.33 bits per heavy atom. The first-order valence-electron chi connectivity index (χ1n) is 10.9. The van der Waals surface area contributed by atoms with Crippen LogP contribution >= 0.6 is 11.6 Å². The van der Waals surface area contributed by atoms with Gasteiger partial charge in [0, 0.05) is 17.5 Å². The largest absolute Gasteiger partial charge is 0.489 e. The lowest BCUT2D eigenvalue weighted by molar-refractivity contribution is -0.120. The highest BCUT2D eigenvalue weighted by Crippen LogP contribution is 2.27. The van der Waals surface area contributed by atoms with Crippen molar-refractivity contribution in [2.75, 3.05) is 0 Å². The fourth-order valence-electron chi connectivity index (χ4n) is 3.48. The van der Waals surface area contributed by atoms with Gasteiger partial charge >= 0.3 is 0 Å². The van der Waals surface area contributed by atoms with Crippen LogP contribution < -0.4 is 10.1 Å². The van der Waals surface area contributed by atoms with Crippen LogP contribution in [0.5, 0.6) is 5.75 Å². The van der Waals surface area contributed by atoms with Gasteiger partial charge in [-0.1, -0.05) is 61.0 Å². The van der Waals surface area contributed by atoms with Crippen molar-refractivity contribution in [3.8, 4) is 16.9 Å². The molecule has 0 saturated heterocycles. The lowest BCUT2D eigenvalue weighted by Crippen LogP contribution is -2.42. The molecule has 3 aromatic rings. The van der Waals surface area contributed by atoms with E-state index >= 15 is 0 Å². The molecule has 3 aromatic carbocycles. The summed E-state index contributed by atoms with van der Waals surface area (Å²) in [6.07, 6.45) is 0.580. The molecule has 0 radical (unpaired) electrons. The van der Waals surface area contributed by atoms with E-state index < -0.39 is 6.04 Å². The van der Waals surface area contributed by atoms with Crippen molar-refractivity contribution in [1.82, 2.24) is 5.32 Å². The predicted molar refractivity (Wildman–Crippen MR) is 129 cm³/mol. The number of hydrogen-bond acceptors (Lipinski definition) is 3. The topological polar surface area (TPSA) is 55.4 Å². The number of Topliss-reactive ketones (excluding diaryl/α,β-unsaturated/α-hetero) is 1. The van der Waals surface area contributed by atoms with Gasteiger partial charge in [0.2, 0.25) is 0 Å². The summed E-state index contributed by atoms with van der Waals surface area (Å²) in [5, 5.41) is 3.16. The molecule has 0 fully saturated rings. The molecule has 1 atom stereocenters. The molecule has 0 spiro atoms. The number of halogens is 2. The van der Waals surface area contributed by atoms with Crippen LogP contribution in [0.4, 0.5) is 4.39 Å². The second-order valence-corrected chi connectivity index (χ2v) is 8.45. The van der Waals surface area contributed by atoms with Gasteiger partial charge in [-0.15, -0.1) is 0 Å². The third-order valence-corrected chi connectivity index (χ3v) is 5.47. The SMILES string of the molecule is CCC(=O)C(Cc1ccc(-c2ccccc2F)cc1)NC(=O)c1ccc(OC(C)C)c(Cl)c1. The van der Waals surface area contributed by atoms with E-state index in [1.54, 1.807) is 37.3 Å². The summed E-state index contributed by atoms with van der Waals surface area (Å²) >= 11 is 6.25. The molecule has 1 unspecified atom stereocenters. The Hall–Kier alpha value is -3.18. The molecule has 4 nitrogen and oxygen atoms in total. The Balaban J connectivity index is 1.74. The van der Waals surface area contributed by atoms with Gasteiger partial charge in [0.15, 0.2) is 5.78 Å². The number of hydrogen-bond donors (Lipinski definition) is 1. The molecule has 0 heterocycles. The maximum atomic E-state index is 14.0. The molecular formula is C27H27ClFNO3. The van der Waals surface area contributed by atoms with Gasteiger partial charge in [-0.3, -0.25) is 9.59 Å². The molecule has 0 aromatic heterocycles. The van der Waals surface area contributed by atoms with E-state index in [1.807, 2.05) is 38.1 Å². The van der Waals surface area contributed by atoms with Crippen molar-refractivity contribution in [3.63, 3.8) is 0 Å². The van der Waals surface area contributed by atoms with Crippen LogP contribution in [0.1, 0.15) is 43.1 Å². The number of ether oxygens (including phenoxy) is 1. The zero-order valence-electron chi connectivity index (χ0n) is 18.9. The van der Waals surface area contributed by atoms with Crippen molar-refractivity contribution >= 4 is 23.3 Å². The predicted octanol–water partition coefficient (Wildman–Crippen LogP) is 6.25. The number of rotatable bonds is 9. The molecule has 33 heavy (non-hydrogen) atoms. The second kappa shape index (κ2) is 11.1. The first-order valence-corrected chi connectivity index (χ1v) is 11.3. The summed E-state index contributed by atoms with van der Waals surface area (Å²) < 4.78 is 19.7. The van der Waals surface area contributed by atoms with Crippen LogP contribution in [-0.2, 0) is 11.2 Å². The first kappa shape index (κ1) is 24.5. The maximum Gasteiger partial charge on any atom is 0.251 e. The average Bonchev–Trinajstić information content (AvgIpc) is 2.80. The standard InChI is InChI=1S/C27H27ClFNO3/c1-4-25(31)24(30-27(32)20-13-14-26(22(28)16-20)33-17(2)3)15-18-9-11-19(12-10-18)21-7-5-6-8-23(21)29/h5-14,16-17,24H,4,15H2,1-3H3,(H,30,32). The van der Waals surface area contributed by atoms with E-state index in [0.29, 0.717) is 34.7 Å². The maximum absolute atomic E-state index is 14.0. The van der Waals surface area contributed by atoms with Crippen LogP contribution in [0, 0.1) is 5.82 Å². The average molecular weight is 468 g/mol. The Morgan fingerprint density at radius 1 is 1.03 bits per heavy atom. The molecule has 1 N–H and O–H groups in total. The van der Waals surface area contributed by atoms with Crippen molar-refractivity contribution in [2.24, 2.45) is 0 Å². The number of carbonyl (C=O) groups excluding carboxylic acids is 2. The lowest BCUT2D eigenvalue weighted by atomic mass is 9.97. The van der Waals surface area contributed by atoms with Crippen LogP contribution in [-0.4, -0.2) is 23.8 Å². The highest BCUT2D eigenvalue weighted by atomic mass is 35.5.